The maximum atomic E-state index is 5.87. The molecule has 0 spiro atoms. The van der Waals surface area contributed by atoms with E-state index < -0.39 is 0 Å². The van der Waals surface area contributed by atoms with Gasteiger partial charge in [-0.15, -0.1) is 0 Å². The summed E-state index contributed by atoms with van der Waals surface area (Å²) in [7, 11) is 0. The summed E-state index contributed by atoms with van der Waals surface area (Å²) in [5.41, 5.74) is 0. The highest BCUT2D eigenvalue weighted by atomic mass is 16.5. The molecule has 0 atom stereocenters. The molecule has 0 heterocycles. The summed E-state index contributed by atoms with van der Waals surface area (Å²) in [6, 6.07) is 0. The van der Waals surface area contributed by atoms with Crippen molar-refractivity contribution in [3.8, 4) is 0 Å². The lowest BCUT2D eigenvalue weighted by atomic mass is 9.98. The molecule has 2 nitrogen and oxygen atoms in total. The van der Waals surface area contributed by atoms with Crippen LogP contribution < -0.4 is 5.32 Å². The molecule has 2 heteroatoms. The van der Waals surface area contributed by atoms with Crippen LogP contribution >= 0.6 is 0 Å². The second-order valence-electron chi connectivity index (χ2n) is 5.42. The Kier molecular flexibility index (Phi) is 7.87. The van der Waals surface area contributed by atoms with Crippen LogP contribution in [0.25, 0.3) is 0 Å². The molecule has 0 aromatic rings. The van der Waals surface area contributed by atoms with Gasteiger partial charge in [-0.25, -0.2) is 0 Å². The second-order valence-corrected chi connectivity index (χ2v) is 5.42. The minimum Gasteiger partial charge on any atom is -0.378 e. The molecular formula is C14H29NO. The van der Waals surface area contributed by atoms with Gasteiger partial charge in [0.2, 0.25) is 0 Å². The standard InChI is InChI=1S/C14H29NO/c1-13(2)9-11-15-10-6-12-16-14-7-4-3-5-8-14/h13-15H,3-12H2,1-2H3. The number of hydrogen-bond donors (Lipinski definition) is 1. The lowest BCUT2D eigenvalue weighted by molar-refractivity contribution is 0.0273. The molecule has 96 valence electrons. The van der Waals surface area contributed by atoms with Gasteiger partial charge in [0.1, 0.15) is 0 Å². The summed E-state index contributed by atoms with van der Waals surface area (Å²) in [6.07, 6.45) is 9.76. The SMILES string of the molecule is CC(C)CCNCCCOC1CCCCC1. The first kappa shape index (κ1) is 14.0. The Morgan fingerprint density at radius 1 is 1.12 bits per heavy atom. The van der Waals surface area contributed by atoms with Gasteiger partial charge in [0.25, 0.3) is 0 Å². The van der Waals surface area contributed by atoms with Gasteiger partial charge in [-0.2, -0.15) is 0 Å². The van der Waals surface area contributed by atoms with E-state index in [2.05, 4.69) is 19.2 Å². The normalized spacial score (nSPS) is 18.2. The Balaban J connectivity index is 1.80. The molecule has 1 rings (SSSR count). The van der Waals surface area contributed by atoms with Crippen LogP contribution in [0.1, 0.15) is 58.8 Å². The molecule has 0 radical (unpaired) electrons. The molecule has 0 saturated heterocycles. The van der Waals surface area contributed by atoms with Crippen molar-refractivity contribution in [2.45, 2.75) is 64.9 Å². The first-order valence-corrected chi connectivity index (χ1v) is 7.11. The van der Waals surface area contributed by atoms with E-state index >= 15 is 0 Å². The molecule has 0 aromatic heterocycles. The largest absolute Gasteiger partial charge is 0.378 e. The summed E-state index contributed by atoms with van der Waals surface area (Å²) < 4.78 is 5.87. The van der Waals surface area contributed by atoms with Gasteiger partial charge in [0.05, 0.1) is 6.10 Å². The monoisotopic (exact) mass is 227 g/mol. The zero-order valence-electron chi connectivity index (χ0n) is 11.1. The number of nitrogens with one attached hydrogen (secondary N) is 1. The van der Waals surface area contributed by atoms with Gasteiger partial charge < -0.3 is 10.1 Å². The summed E-state index contributed by atoms with van der Waals surface area (Å²) >= 11 is 0. The minimum atomic E-state index is 0.574. The molecule has 16 heavy (non-hydrogen) atoms. The van der Waals surface area contributed by atoms with Crippen LogP contribution in [-0.2, 0) is 4.74 Å². The van der Waals surface area contributed by atoms with E-state index in [1.54, 1.807) is 0 Å². The maximum absolute atomic E-state index is 5.87. The zero-order valence-corrected chi connectivity index (χ0v) is 11.1. The topological polar surface area (TPSA) is 21.3 Å². The quantitative estimate of drug-likeness (QED) is 0.642. The first-order chi connectivity index (χ1) is 7.79. The Morgan fingerprint density at radius 2 is 1.88 bits per heavy atom. The maximum Gasteiger partial charge on any atom is 0.0575 e. The van der Waals surface area contributed by atoms with Crippen molar-refractivity contribution in [1.29, 1.82) is 0 Å². The van der Waals surface area contributed by atoms with Crippen LogP contribution in [-0.4, -0.2) is 25.8 Å². The highest BCUT2D eigenvalue weighted by Crippen LogP contribution is 2.20. The van der Waals surface area contributed by atoms with Gasteiger partial charge in [0, 0.05) is 6.61 Å². The van der Waals surface area contributed by atoms with Gasteiger partial charge in [0.15, 0.2) is 0 Å². The van der Waals surface area contributed by atoms with Crippen molar-refractivity contribution in [3.63, 3.8) is 0 Å². The molecular weight excluding hydrogens is 198 g/mol. The van der Waals surface area contributed by atoms with Gasteiger partial charge >= 0.3 is 0 Å². The number of ether oxygens (including phenoxy) is 1. The van der Waals surface area contributed by atoms with Crippen molar-refractivity contribution < 1.29 is 4.74 Å². The third-order valence-electron chi connectivity index (χ3n) is 3.30. The highest BCUT2D eigenvalue weighted by molar-refractivity contribution is 4.65. The third kappa shape index (κ3) is 7.24. The first-order valence-electron chi connectivity index (χ1n) is 7.11. The fraction of sp³-hybridized carbons (Fsp3) is 1.00. The summed E-state index contributed by atoms with van der Waals surface area (Å²) in [5.74, 6) is 0.811. The lowest BCUT2D eigenvalue weighted by Gasteiger charge is -2.21. The van der Waals surface area contributed by atoms with Gasteiger partial charge in [-0.05, 0) is 44.7 Å². The van der Waals surface area contributed by atoms with Crippen molar-refractivity contribution >= 4 is 0 Å². The lowest BCUT2D eigenvalue weighted by Crippen LogP contribution is -2.22. The second kappa shape index (κ2) is 9.00. The summed E-state index contributed by atoms with van der Waals surface area (Å²) in [6.45, 7) is 7.75. The molecule has 1 N–H and O–H groups in total. The Hall–Kier alpha value is -0.0800. The smallest absolute Gasteiger partial charge is 0.0575 e. The van der Waals surface area contributed by atoms with Crippen molar-refractivity contribution in [3.05, 3.63) is 0 Å². The Bertz CT molecular complexity index is 153. The van der Waals surface area contributed by atoms with Crippen LogP contribution in [0, 0.1) is 5.92 Å². The van der Waals surface area contributed by atoms with Gasteiger partial charge in [-0.1, -0.05) is 33.1 Å². The van der Waals surface area contributed by atoms with Crippen LogP contribution in [0.2, 0.25) is 0 Å². The van der Waals surface area contributed by atoms with E-state index in [9.17, 15) is 0 Å². The molecule has 1 aliphatic rings. The van der Waals surface area contributed by atoms with E-state index in [0.717, 1.165) is 32.0 Å². The van der Waals surface area contributed by atoms with Crippen LogP contribution in [0.15, 0.2) is 0 Å². The summed E-state index contributed by atoms with van der Waals surface area (Å²) in [5, 5.41) is 3.47. The zero-order chi connectivity index (χ0) is 11.6. The Labute approximate surface area is 101 Å². The van der Waals surface area contributed by atoms with E-state index in [-0.39, 0.29) is 0 Å². The average molecular weight is 227 g/mol. The van der Waals surface area contributed by atoms with E-state index in [0.29, 0.717) is 6.10 Å². The van der Waals surface area contributed by atoms with Crippen molar-refractivity contribution in [2.75, 3.05) is 19.7 Å². The average Bonchev–Trinajstić information content (AvgIpc) is 2.29. The van der Waals surface area contributed by atoms with Crippen LogP contribution in [0.3, 0.4) is 0 Å². The fourth-order valence-corrected chi connectivity index (χ4v) is 2.19. The molecule has 1 saturated carbocycles. The molecule has 0 aliphatic heterocycles. The van der Waals surface area contributed by atoms with E-state index in [1.807, 2.05) is 0 Å². The predicted molar refractivity (Wildman–Crippen MR) is 69.8 cm³/mol. The molecule has 0 aromatic carbocycles. The van der Waals surface area contributed by atoms with E-state index in [1.165, 1.54) is 38.5 Å². The predicted octanol–water partition coefficient (Wildman–Crippen LogP) is 3.36. The van der Waals surface area contributed by atoms with Crippen molar-refractivity contribution in [2.24, 2.45) is 5.92 Å². The van der Waals surface area contributed by atoms with Gasteiger partial charge in [-0.3, -0.25) is 0 Å². The molecule has 0 bridgehead atoms. The molecule has 0 amide bonds. The fourth-order valence-electron chi connectivity index (χ4n) is 2.19. The summed E-state index contributed by atoms with van der Waals surface area (Å²) in [4.78, 5) is 0. The van der Waals surface area contributed by atoms with Crippen LogP contribution in [0.5, 0.6) is 0 Å². The number of hydrogen-bond acceptors (Lipinski definition) is 2. The Morgan fingerprint density at radius 3 is 2.56 bits per heavy atom. The molecule has 1 fully saturated rings. The van der Waals surface area contributed by atoms with Crippen molar-refractivity contribution in [1.82, 2.24) is 5.32 Å². The highest BCUT2D eigenvalue weighted by Gasteiger charge is 2.12. The minimum absolute atomic E-state index is 0.574. The number of rotatable bonds is 8. The molecule has 1 aliphatic carbocycles. The molecule has 0 unspecified atom stereocenters. The van der Waals surface area contributed by atoms with E-state index in [4.69, 9.17) is 4.74 Å². The van der Waals surface area contributed by atoms with Crippen LogP contribution in [0.4, 0.5) is 0 Å². The third-order valence-corrected chi connectivity index (χ3v) is 3.30.